The van der Waals surface area contributed by atoms with E-state index in [1.54, 1.807) is 11.8 Å². The van der Waals surface area contributed by atoms with Gasteiger partial charge >= 0.3 is 0 Å². The van der Waals surface area contributed by atoms with E-state index < -0.39 is 5.82 Å². The molecule has 0 aliphatic heterocycles. The molecule has 6 heteroatoms. The zero-order valence-electron chi connectivity index (χ0n) is 11.9. The molecule has 0 saturated carbocycles. The summed E-state index contributed by atoms with van der Waals surface area (Å²) in [4.78, 5) is 13.5. The van der Waals surface area contributed by atoms with Crippen molar-refractivity contribution in [1.82, 2.24) is 4.90 Å². The number of nitrogens with zero attached hydrogens (tertiary/aromatic N) is 2. The van der Waals surface area contributed by atoms with Crippen molar-refractivity contribution >= 4 is 11.6 Å². The predicted molar refractivity (Wildman–Crippen MR) is 73.8 cm³/mol. The second-order valence-corrected chi connectivity index (χ2v) is 4.18. The Morgan fingerprint density at radius 1 is 1.40 bits per heavy atom. The van der Waals surface area contributed by atoms with Gasteiger partial charge in [0.05, 0.1) is 5.71 Å². The summed E-state index contributed by atoms with van der Waals surface area (Å²) in [6.45, 7) is 6.30. The Kier molecular flexibility index (Phi) is 5.96. The van der Waals surface area contributed by atoms with Crippen molar-refractivity contribution < 1.29 is 19.1 Å². The first kappa shape index (κ1) is 15.9. The van der Waals surface area contributed by atoms with Crippen LogP contribution >= 0.6 is 0 Å². The van der Waals surface area contributed by atoms with E-state index in [2.05, 4.69) is 5.16 Å². The van der Waals surface area contributed by atoms with E-state index in [1.165, 1.54) is 18.2 Å². The minimum Gasteiger partial charge on any atom is -0.483 e. The molecule has 0 aromatic heterocycles. The molecule has 0 spiro atoms. The van der Waals surface area contributed by atoms with Crippen LogP contribution in [-0.2, 0) is 4.79 Å². The third-order valence-electron chi connectivity index (χ3n) is 2.95. The lowest BCUT2D eigenvalue weighted by Crippen LogP contribution is -2.34. The molecule has 0 bridgehead atoms. The second kappa shape index (κ2) is 7.47. The van der Waals surface area contributed by atoms with Crippen LogP contribution in [0.4, 0.5) is 4.39 Å². The SMILES string of the molecule is CCN(CC)C(=O)COc1cc(F)ccc1C(C)=NO. The van der Waals surface area contributed by atoms with E-state index in [0.29, 0.717) is 18.7 Å². The molecule has 1 aromatic rings. The number of benzene rings is 1. The van der Waals surface area contributed by atoms with Crippen LogP contribution in [0.5, 0.6) is 5.75 Å². The van der Waals surface area contributed by atoms with Gasteiger partial charge in [-0.05, 0) is 32.9 Å². The zero-order chi connectivity index (χ0) is 15.1. The minimum absolute atomic E-state index is 0.177. The maximum absolute atomic E-state index is 13.3. The van der Waals surface area contributed by atoms with Crippen molar-refractivity contribution in [2.75, 3.05) is 19.7 Å². The predicted octanol–water partition coefficient (Wildman–Crippen LogP) is 2.27. The number of hydrogen-bond acceptors (Lipinski definition) is 4. The lowest BCUT2D eigenvalue weighted by Gasteiger charge is -2.19. The van der Waals surface area contributed by atoms with Crippen molar-refractivity contribution in [1.29, 1.82) is 0 Å². The highest BCUT2D eigenvalue weighted by molar-refractivity contribution is 6.00. The van der Waals surface area contributed by atoms with Gasteiger partial charge in [0.15, 0.2) is 6.61 Å². The molecule has 1 aromatic carbocycles. The lowest BCUT2D eigenvalue weighted by atomic mass is 10.1. The molecule has 0 atom stereocenters. The monoisotopic (exact) mass is 282 g/mol. The summed E-state index contributed by atoms with van der Waals surface area (Å²) < 4.78 is 18.6. The molecule has 0 aliphatic carbocycles. The Morgan fingerprint density at radius 2 is 2.05 bits per heavy atom. The van der Waals surface area contributed by atoms with Crippen LogP contribution in [-0.4, -0.2) is 41.4 Å². The number of likely N-dealkylation sites (N-methyl/N-ethyl adjacent to an activating group) is 1. The molecule has 20 heavy (non-hydrogen) atoms. The topological polar surface area (TPSA) is 62.1 Å². The first-order valence-electron chi connectivity index (χ1n) is 6.42. The first-order valence-corrected chi connectivity index (χ1v) is 6.42. The molecule has 0 heterocycles. The Hall–Kier alpha value is -2.11. The molecule has 0 fully saturated rings. The highest BCUT2D eigenvalue weighted by Gasteiger charge is 2.13. The quantitative estimate of drug-likeness (QED) is 0.494. The van der Waals surface area contributed by atoms with Crippen molar-refractivity contribution in [2.45, 2.75) is 20.8 Å². The van der Waals surface area contributed by atoms with Gasteiger partial charge in [0, 0.05) is 24.7 Å². The number of amides is 1. The maximum atomic E-state index is 13.3. The number of halogens is 1. The number of carbonyl (C=O) groups excluding carboxylic acids is 1. The Balaban J connectivity index is 2.87. The van der Waals surface area contributed by atoms with Gasteiger partial charge < -0.3 is 14.8 Å². The van der Waals surface area contributed by atoms with Crippen LogP contribution in [0.25, 0.3) is 0 Å². The van der Waals surface area contributed by atoms with E-state index in [-0.39, 0.29) is 24.0 Å². The number of oxime groups is 1. The van der Waals surface area contributed by atoms with E-state index in [4.69, 9.17) is 9.94 Å². The average molecular weight is 282 g/mol. The summed E-state index contributed by atoms with van der Waals surface area (Å²) in [5.74, 6) is -0.477. The molecule has 110 valence electrons. The fourth-order valence-electron chi connectivity index (χ4n) is 1.78. The van der Waals surface area contributed by atoms with Gasteiger partial charge in [-0.1, -0.05) is 5.16 Å². The van der Waals surface area contributed by atoms with Gasteiger partial charge in [0.2, 0.25) is 0 Å². The van der Waals surface area contributed by atoms with Crippen LogP contribution in [0.15, 0.2) is 23.4 Å². The number of rotatable bonds is 6. The van der Waals surface area contributed by atoms with Crippen LogP contribution in [0.3, 0.4) is 0 Å². The first-order chi connectivity index (χ1) is 9.53. The molecule has 5 nitrogen and oxygen atoms in total. The van der Waals surface area contributed by atoms with Crippen molar-refractivity contribution in [3.05, 3.63) is 29.6 Å². The molecule has 0 aliphatic rings. The van der Waals surface area contributed by atoms with E-state index in [0.717, 1.165) is 0 Å². The fourth-order valence-corrected chi connectivity index (χ4v) is 1.78. The molecular weight excluding hydrogens is 263 g/mol. The summed E-state index contributed by atoms with van der Waals surface area (Å²) in [5.41, 5.74) is 0.733. The van der Waals surface area contributed by atoms with Crippen molar-refractivity contribution in [2.24, 2.45) is 5.16 Å². The third kappa shape index (κ3) is 3.94. The fraction of sp³-hybridized carbons (Fsp3) is 0.429. The Bertz CT molecular complexity index is 499. The van der Waals surface area contributed by atoms with Crippen LogP contribution in [0, 0.1) is 5.82 Å². The summed E-state index contributed by atoms with van der Waals surface area (Å²) in [5, 5.41) is 11.8. The van der Waals surface area contributed by atoms with Gasteiger partial charge in [-0.25, -0.2) is 4.39 Å². The molecule has 0 radical (unpaired) electrons. The normalized spacial score (nSPS) is 11.3. The minimum atomic E-state index is -0.482. The highest BCUT2D eigenvalue weighted by Crippen LogP contribution is 2.21. The van der Waals surface area contributed by atoms with Gasteiger partial charge in [-0.2, -0.15) is 0 Å². The van der Waals surface area contributed by atoms with Gasteiger partial charge in [0.1, 0.15) is 11.6 Å². The van der Waals surface area contributed by atoms with E-state index >= 15 is 0 Å². The van der Waals surface area contributed by atoms with Crippen LogP contribution in [0.2, 0.25) is 0 Å². The molecule has 1 rings (SSSR count). The number of ether oxygens (including phenoxy) is 1. The molecule has 1 amide bonds. The summed E-state index contributed by atoms with van der Waals surface area (Å²) in [7, 11) is 0. The molecule has 0 saturated heterocycles. The zero-order valence-corrected chi connectivity index (χ0v) is 11.9. The molecule has 0 unspecified atom stereocenters. The Labute approximate surface area is 117 Å². The smallest absolute Gasteiger partial charge is 0.260 e. The van der Waals surface area contributed by atoms with Gasteiger partial charge in [-0.3, -0.25) is 4.79 Å². The lowest BCUT2D eigenvalue weighted by molar-refractivity contribution is -0.132. The standard InChI is InChI=1S/C14H19FN2O3/c1-4-17(5-2)14(18)9-20-13-8-11(15)6-7-12(13)10(3)16-19/h6-8,19H,4-5,9H2,1-3H3. The highest BCUT2D eigenvalue weighted by atomic mass is 19.1. The maximum Gasteiger partial charge on any atom is 0.260 e. The summed E-state index contributed by atoms with van der Waals surface area (Å²) in [6, 6.07) is 3.85. The summed E-state index contributed by atoms with van der Waals surface area (Å²) >= 11 is 0. The van der Waals surface area contributed by atoms with Gasteiger partial charge in [-0.15, -0.1) is 0 Å². The van der Waals surface area contributed by atoms with Crippen LogP contribution in [0.1, 0.15) is 26.3 Å². The average Bonchev–Trinajstić information content (AvgIpc) is 2.45. The van der Waals surface area contributed by atoms with Gasteiger partial charge in [0.25, 0.3) is 5.91 Å². The number of hydrogen-bond donors (Lipinski definition) is 1. The van der Waals surface area contributed by atoms with E-state index in [9.17, 15) is 9.18 Å². The van der Waals surface area contributed by atoms with E-state index in [1.807, 2.05) is 13.8 Å². The molecule has 1 N–H and O–H groups in total. The van der Waals surface area contributed by atoms with Crippen molar-refractivity contribution in [3.63, 3.8) is 0 Å². The molecular formula is C14H19FN2O3. The van der Waals surface area contributed by atoms with Crippen molar-refractivity contribution in [3.8, 4) is 5.75 Å². The number of carbonyl (C=O) groups is 1. The Morgan fingerprint density at radius 3 is 2.60 bits per heavy atom. The summed E-state index contributed by atoms with van der Waals surface area (Å²) in [6.07, 6.45) is 0. The third-order valence-corrected chi connectivity index (χ3v) is 2.95. The van der Waals surface area contributed by atoms with Crippen LogP contribution < -0.4 is 4.74 Å². The second-order valence-electron chi connectivity index (χ2n) is 4.18. The largest absolute Gasteiger partial charge is 0.483 e.